The predicted octanol–water partition coefficient (Wildman–Crippen LogP) is 5.93. The first-order chi connectivity index (χ1) is 16.8. The van der Waals surface area contributed by atoms with Crippen molar-refractivity contribution in [3.8, 4) is 0 Å². The van der Waals surface area contributed by atoms with Crippen molar-refractivity contribution in [1.29, 1.82) is 0 Å². The number of carbonyl (C=O) groups is 3. The number of carbonyl (C=O) groups excluding carboxylic acids is 3. The molecule has 36 heavy (non-hydrogen) atoms. The second-order valence-electron chi connectivity index (χ2n) is 13.4. The highest BCUT2D eigenvalue weighted by Crippen LogP contribution is 2.67. The van der Waals surface area contributed by atoms with Crippen LogP contribution in [-0.2, 0) is 19.1 Å². The summed E-state index contributed by atoms with van der Waals surface area (Å²) in [5.74, 6) is 1.40. The molecule has 0 spiro atoms. The van der Waals surface area contributed by atoms with Crippen LogP contribution in [-0.4, -0.2) is 34.9 Å². The summed E-state index contributed by atoms with van der Waals surface area (Å²) >= 11 is 0. The Hall–Kier alpha value is -1.49. The maximum Gasteiger partial charge on any atom is 0.346 e. The molecule has 4 aliphatic rings. The standard InChI is InChI=1S/C31H48O5/c1-8-20(18(3)4)11-10-19(5)21-12-13-22-26-23(14-15-29(21,22)6)30(7)17-31(35,28(34)36-9-2)27(33)24(30)16-25(26)32/h16,18-23,26,35H,8-15,17H2,1-7H3/t19-,20+,21-,22+,23+,26+,29-,30-,31+/m1/s1. The highest BCUT2D eigenvalue weighted by atomic mass is 16.5. The van der Waals surface area contributed by atoms with E-state index in [9.17, 15) is 19.5 Å². The summed E-state index contributed by atoms with van der Waals surface area (Å²) in [5.41, 5.74) is -2.38. The van der Waals surface area contributed by atoms with Crippen LogP contribution in [0.25, 0.3) is 0 Å². The Morgan fingerprint density at radius 2 is 1.78 bits per heavy atom. The molecule has 3 fully saturated rings. The minimum absolute atomic E-state index is 0.0186. The molecule has 4 aliphatic carbocycles. The minimum Gasteiger partial charge on any atom is -0.464 e. The van der Waals surface area contributed by atoms with Gasteiger partial charge in [0.2, 0.25) is 11.4 Å². The zero-order valence-corrected chi connectivity index (χ0v) is 23.6. The summed E-state index contributed by atoms with van der Waals surface area (Å²) in [5, 5.41) is 11.2. The van der Waals surface area contributed by atoms with Crippen LogP contribution in [0, 0.1) is 52.3 Å². The Kier molecular flexibility index (Phi) is 7.40. The Balaban J connectivity index is 1.57. The number of Topliss-reactive ketones (excluding diaryl/α,β-unsaturated/α-hetero) is 1. The molecule has 0 aliphatic heterocycles. The van der Waals surface area contributed by atoms with Crippen LogP contribution in [0.1, 0.15) is 99.8 Å². The number of hydrogen-bond donors (Lipinski definition) is 1. The lowest BCUT2D eigenvalue weighted by Gasteiger charge is -2.54. The summed E-state index contributed by atoms with van der Waals surface area (Å²) in [7, 11) is 0. The van der Waals surface area contributed by atoms with Crippen molar-refractivity contribution in [2.45, 2.75) is 105 Å². The number of rotatable bonds is 8. The molecule has 5 nitrogen and oxygen atoms in total. The summed E-state index contributed by atoms with van der Waals surface area (Å²) < 4.78 is 5.08. The first kappa shape index (κ1) is 27.5. The first-order valence-corrected chi connectivity index (χ1v) is 14.6. The monoisotopic (exact) mass is 500 g/mol. The number of ketones is 2. The number of hydrogen-bond acceptors (Lipinski definition) is 5. The van der Waals surface area contributed by atoms with Gasteiger partial charge in [0.05, 0.1) is 6.61 Å². The summed E-state index contributed by atoms with van der Waals surface area (Å²) in [6.07, 6.45) is 9.38. The van der Waals surface area contributed by atoms with Crippen molar-refractivity contribution >= 4 is 17.5 Å². The normalized spacial score (nSPS) is 41.4. The van der Waals surface area contributed by atoms with Gasteiger partial charge in [-0.15, -0.1) is 0 Å². The van der Waals surface area contributed by atoms with E-state index in [-0.39, 0.29) is 36.1 Å². The Bertz CT molecular complexity index is 935. The van der Waals surface area contributed by atoms with Gasteiger partial charge in [0, 0.05) is 23.3 Å². The van der Waals surface area contributed by atoms with Crippen LogP contribution >= 0.6 is 0 Å². The molecule has 0 unspecified atom stereocenters. The molecule has 0 aromatic carbocycles. The quantitative estimate of drug-likeness (QED) is 0.330. The second kappa shape index (κ2) is 9.67. The molecule has 0 bridgehead atoms. The maximum absolute atomic E-state index is 13.6. The van der Waals surface area contributed by atoms with Gasteiger partial charge in [-0.3, -0.25) is 9.59 Å². The predicted molar refractivity (Wildman–Crippen MR) is 140 cm³/mol. The van der Waals surface area contributed by atoms with Crippen molar-refractivity contribution in [2.75, 3.05) is 6.61 Å². The number of fused-ring (bicyclic) bond motifs is 5. The van der Waals surface area contributed by atoms with Crippen LogP contribution in [0.5, 0.6) is 0 Å². The van der Waals surface area contributed by atoms with Crippen LogP contribution in [0.15, 0.2) is 11.6 Å². The number of ether oxygens (including phenoxy) is 1. The van der Waals surface area contributed by atoms with E-state index in [1.807, 2.05) is 6.92 Å². The van der Waals surface area contributed by atoms with Crippen molar-refractivity contribution in [3.05, 3.63) is 11.6 Å². The SMILES string of the molecule is CCOC(=O)[C@]1(O)C[C@@]2(C)C(=CC(=O)[C@H]3[C@@H]4CC[C@H]([C@H](C)CC[C@H](CC)C(C)C)[C@@]4(C)CC[C@@H]32)C1=O. The smallest absolute Gasteiger partial charge is 0.346 e. The van der Waals surface area contributed by atoms with E-state index >= 15 is 0 Å². The van der Waals surface area contributed by atoms with E-state index in [4.69, 9.17) is 4.74 Å². The van der Waals surface area contributed by atoms with Gasteiger partial charge in [0.15, 0.2) is 5.78 Å². The van der Waals surface area contributed by atoms with E-state index in [0.717, 1.165) is 31.6 Å². The molecule has 5 heteroatoms. The van der Waals surface area contributed by atoms with E-state index in [1.54, 1.807) is 6.92 Å². The van der Waals surface area contributed by atoms with Gasteiger partial charge < -0.3 is 9.84 Å². The van der Waals surface area contributed by atoms with Crippen molar-refractivity contribution in [3.63, 3.8) is 0 Å². The lowest BCUT2D eigenvalue weighted by Crippen LogP contribution is -2.52. The van der Waals surface area contributed by atoms with Crippen LogP contribution < -0.4 is 0 Å². The number of aliphatic hydroxyl groups is 1. The fourth-order valence-electron chi connectivity index (χ4n) is 9.32. The van der Waals surface area contributed by atoms with Gasteiger partial charge >= 0.3 is 5.97 Å². The molecule has 1 N–H and O–H groups in total. The van der Waals surface area contributed by atoms with Gasteiger partial charge in [-0.25, -0.2) is 4.79 Å². The highest BCUT2D eigenvalue weighted by Gasteiger charge is 2.68. The molecule has 4 rings (SSSR count). The third-order valence-corrected chi connectivity index (χ3v) is 11.4. The average Bonchev–Trinajstić information content (AvgIpc) is 3.27. The Morgan fingerprint density at radius 1 is 1.08 bits per heavy atom. The maximum atomic E-state index is 13.6. The van der Waals surface area contributed by atoms with E-state index in [2.05, 4.69) is 34.6 Å². The molecule has 0 aromatic heterocycles. The largest absolute Gasteiger partial charge is 0.464 e. The van der Waals surface area contributed by atoms with E-state index < -0.39 is 22.8 Å². The van der Waals surface area contributed by atoms with Gasteiger partial charge in [-0.1, -0.05) is 54.4 Å². The van der Waals surface area contributed by atoms with Crippen LogP contribution in [0.3, 0.4) is 0 Å². The topological polar surface area (TPSA) is 80.7 Å². The number of allylic oxidation sites excluding steroid dienone is 1. The van der Waals surface area contributed by atoms with Gasteiger partial charge in [-0.05, 0) is 86.0 Å². The van der Waals surface area contributed by atoms with Gasteiger partial charge in [0.25, 0.3) is 0 Å². The third kappa shape index (κ3) is 4.03. The lowest BCUT2D eigenvalue weighted by atomic mass is 9.48. The molecule has 0 amide bonds. The highest BCUT2D eigenvalue weighted by molar-refractivity contribution is 6.20. The Labute approximate surface area is 217 Å². The third-order valence-electron chi connectivity index (χ3n) is 11.4. The fourth-order valence-corrected chi connectivity index (χ4v) is 9.32. The molecular formula is C31H48O5. The first-order valence-electron chi connectivity index (χ1n) is 14.6. The van der Waals surface area contributed by atoms with Gasteiger partial charge in [-0.2, -0.15) is 0 Å². The summed E-state index contributed by atoms with van der Waals surface area (Å²) in [6, 6.07) is 0. The number of esters is 1. The molecule has 9 atom stereocenters. The molecular weight excluding hydrogens is 452 g/mol. The lowest BCUT2D eigenvalue weighted by molar-refractivity contribution is -0.169. The average molecular weight is 501 g/mol. The Morgan fingerprint density at radius 3 is 2.39 bits per heavy atom. The van der Waals surface area contributed by atoms with Gasteiger partial charge in [0.1, 0.15) is 0 Å². The summed E-state index contributed by atoms with van der Waals surface area (Å²) in [6.45, 7) is 15.6. The molecule has 0 saturated heterocycles. The van der Waals surface area contributed by atoms with Crippen molar-refractivity contribution in [2.24, 2.45) is 52.3 Å². The molecule has 0 heterocycles. The zero-order chi connectivity index (χ0) is 26.6. The van der Waals surface area contributed by atoms with Crippen molar-refractivity contribution < 1.29 is 24.2 Å². The minimum atomic E-state index is -2.18. The van der Waals surface area contributed by atoms with Crippen LogP contribution in [0.2, 0.25) is 0 Å². The zero-order valence-electron chi connectivity index (χ0n) is 23.6. The molecule has 0 radical (unpaired) electrons. The second-order valence-corrected chi connectivity index (χ2v) is 13.4. The van der Waals surface area contributed by atoms with Crippen LogP contribution in [0.4, 0.5) is 0 Å². The van der Waals surface area contributed by atoms with E-state index in [0.29, 0.717) is 29.2 Å². The van der Waals surface area contributed by atoms with E-state index in [1.165, 1.54) is 25.3 Å². The molecule has 3 saturated carbocycles. The van der Waals surface area contributed by atoms with Crippen molar-refractivity contribution in [1.82, 2.24) is 0 Å². The molecule has 202 valence electrons. The fraction of sp³-hybridized carbons (Fsp3) is 0.839. The summed E-state index contributed by atoms with van der Waals surface area (Å²) in [4.78, 5) is 39.5. The molecule has 0 aromatic rings.